The minimum atomic E-state index is -0.242. The molecule has 19 heavy (non-hydrogen) atoms. The van der Waals surface area contributed by atoms with E-state index in [1.54, 1.807) is 6.20 Å². The van der Waals surface area contributed by atoms with Crippen molar-refractivity contribution < 1.29 is 4.74 Å². The predicted octanol–water partition coefficient (Wildman–Crippen LogP) is 2.14. The van der Waals surface area contributed by atoms with Crippen LogP contribution in [0.25, 0.3) is 0 Å². The van der Waals surface area contributed by atoms with Crippen LogP contribution >= 0.6 is 11.6 Å². The first-order valence-electron chi connectivity index (χ1n) is 6.73. The standard InChI is InChI=1S/C13H20ClN3O2/c1-3-17-13(18)12(14)11(8-15-17)16-9(2)10-4-6-19-7-5-10/h8-10,16H,3-7H2,1-2H3. The van der Waals surface area contributed by atoms with Crippen molar-refractivity contribution in [2.24, 2.45) is 5.92 Å². The SMILES string of the molecule is CCn1ncc(NC(C)C2CCOCC2)c(Cl)c1=O. The highest BCUT2D eigenvalue weighted by Crippen LogP contribution is 2.23. The normalized spacial score (nSPS) is 18.3. The van der Waals surface area contributed by atoms with Crippen molar-refractivity contribution in [1.82, 2.24) is 9.78 Å². The summed E-state index contributed by atoms with van der Waals surface area (Å²) >= 11 is 6.10. The van der Waals surface area contributed by atoms with Gasteiger partial charge in [0.2, 0.25) is 0 Å². The Morgan fingerprint density at radius 3 is 2.89 bits per heavy atom. The third-order valence-electron chi connectivity index (χ3n) is 3.64. The molecule has 0 bridgehead atoms. The summed E-state index contributed by atoms with van der Waals surface area (Å²) in [5.74, 6) is 0.540. The zero-order valence-corrected chi connectivity index (χ0v) is 12.1. The first-order chi connectivity index (χ1) is 9.13. The molecule has 0 aromatic carbocycles. The van der Waals surface area contributed by atoms with Gasteiger partial charge in [-0.1, -0.05) is 11.6 Å². The number of aromatic nitrogens is 2. The summed E-state index contributed by atoms with van der Waals surface area (Å²) in [6.45, 7) is 6.11. The number of anilines is 1. The molecule has 1 unspecified atom stereocenters. The highest BCUT2D eigenvalue weighted by molar-refractivity contribution is 6.32. The minimum Gasteiger partial charge on any atom is -0.381 e. The van der Waals surface area contributed by atoms with Crippen LogP contribution < -0.4 is 10.9 Å². The Balaban J connectivity index is 2.10. The van der Waals surface area contributed by atoms with E-state index >= 15 is 0 Å². The summed E-state index contributed by atoms with van der Waals surface area (Å²) in [7, 11) is 0. The smallest absolute Gasteiger partial charge is 0.287 e. The number of nitrogens with one attached hydrogen (secondary N) is 1. The van der Waals surface area contributed by atoms with Gasteiger partial charge >= 0.3 is 0 Å². The summed E-state index contributed by atoms with van der Waals surface area (Å²) in [5.41, 5.74) is 0.378. The molecule has 2 rings (SSSR count). The number of rotatable bonds is 4. The Hall–Kier alpha value is -1.07. The summed E-state index contributed by atoms with van der Waals surface area (Å²) in [6, 6.07) is 0.250. The van der Waals surface area contributed by atoms with E-state index in [0.717, 1.165) is 26.1 Å². The second-order valence-corrected chi connectivity index (χ2v) is 5.25. The van der Waals surface area contributed by atoms with Crippen LogP contribution in [0.3, 0.4) is 0 Å². The number of ether oxygens (including phenoxy) is 1. The Morgan fingerprint density at radius 2 is 2.26 bits per heavy atom. The van der Waals surface area contributed by atoms with Crippen molar-refractivity contribution in [2.75, 3.05) is 18.5 Å². The predicted molar refractivity (Wildman–Crippen MR) is 75.8 cm³/mol. The monoisotopic (exact) mass is 285 g/mol. The second-order valence-electron chi connectivity index (χ2n) is 4.88. The molecule has 1 aromatic heterocycles. The van der Waals surface area contributed by atoms with Gasteiger partial charge in [-0.3, -0.25) is 4.79 Å². The van der Waals surface area contributed by atoms with Crippen LogP contribution in [0, 0.1) is 5.92 Å². The van der Waals surface area contributed by atoms with Gasteiger partial charge in [0, 0.05) is 25.8 Å². The fraction of sp³-hybridized carbons (Fsp3) is 0.692. The van der Waals surface area contributed by atoms with E-state index in [0.29, 0.717) is 18.2 Å². The number of aryl methyl sites for hydroxylation is 1. The van der Waals surface area contributed by atoms with Gasteiger partial charge in [0.05, 0.1) is 11.9 Å². The van der Waals surface area contributed by atoms with Crippen LogP contribution in [0.15, 0.2) is 11.0 Å². The molecule has 1 aliphatic heterocycles. The van der Waals surface area contributed by atoms with Gasteiger partial charge in [-0.2, -0.15) is 5.10 Å². The van der Waals surface area contributed by atoms with E-state index in [9.17, 15) is 4.79 Å². The molecular weight excluding hydrogens is 266 g/mol. The molecule has 1 aliphatic rings. The van der Waals surface area contributed by atoms with Crippen LogP contribution in [0.5, 0.6) is 0 Å². The maximum atomic E-state index is 11.9. The van der Waals surface area contributed by atoms with Gasteiger partial charge in [-0.05, 0) is 32.6 Å². The molecule has 106 valence electrons. The Morgan fingerprint density at radius 1 is 1.58 bits per heavy atom. The third-order valence-corrected chi connectivity index (χ3v) is 4.01. The van der Waals surface area contributed by atoms with Crippen LogP contribution in [0.1, 0.15) is 26.7 Å². The molecular formula is C13H20ClN3O2. The lowest BCUT2D eigenvalue weighted by Gasteiger charge is -2.29. The van der Waals surface area contributed by atoms with Crippen molar-refractivity contribution >= 4 is 17.3 Å². The highest BCUT2D eigenvalue weighted by atomic mass is 35.5. The highest BCUT2D eigenvalue weighted by Gasteiger charge is 2.21. The molecule has 1 aromatic rings. The Kier molecular flexibility index (Phi) is 4.82. The lowest BCUT2D eigenvalue weighted by molar-refractivity contribution is 0.0622. The van der Waals surface area contributed by atoms with E-state index in [1.165, 1.54) is 4.68 Å². The topological polar surface area (TPSA) is 56.1 Å². The van der Waals surface area contributed by atoms with Gasteiger partial charge in [-0.25, -0.2) is 4.68 Å². The van der Waals surface area contributed by atoms with Gasteiger partial charge < -0.3 is 10.1 Å². The average Bonchev–Trinajstić information content (AvgIpc) is 2.45. The zero-order chi connectivity index (χ0) is 13.8. The number of halogens is 1. The first-order valence-corrected chi connectivity index (χ1v) is 7.11. The molecule has 0 amide bonds. The molecule has 1 atom stereocenters. The maximum Gasteiger partial charge on any atom is 0.287 e. The third kappa shape index (κ3) is 3.28. The Labute approximate surface area is 117 Å². The molecule has 1 saturated heterocycles. The van der Waals surface area contributed by atoms with E-state index in [1.807, 2.05) is 6.92 Å². The van der Waals surface area contributed by atoms with Crippen LogP contribution in [-0.4, -0.2) is 29.0 Å². The van der Waals surface area contributed by atoms with Crippen LogP contribution in [0.2, 0.25) is 5.02 Å². The molecule has 6 heteroatoms. The fourth-order valence-electron chi connectivity index (χ4n) is 2.37. The second kappa shape index (κ2) is 6.39. The number of nitrogens with zero attached hydrogens (tertiary/aromatic N) is 2. The quantitative estimate of drug-likeness (QED) is 0.921. The maximum absolute atomic E-state index is 11.9. The summed E-state index contributed by atoms with van der Waals surface area (Å²) < 4.78 is 6.71. The molecule has 1 N–H and O–H groups in total. The summed E-state index contributed by atoms with van der Waals surface area (Å²) in [4.78, 5) is 11.9. The molecule has 0 spiro atoms. The molecule has 0 saturated carbocycles. The number of hydrogen-bond acceptors (Lipinski definition) is 4. The van der Waals surface area contributed by atoms with Crippen molar-refractivity contribution in [1.29, 1.82) is 0 Å². The van der Waals surface area contributed by atoms with Gasteiger partial charge in [-0.15, -0.1) is 0 Å². The lowest BCUT2D eigenvalue weighted by atomic mass is 9.93. The summed E-state index contributed by atoms with van der Waals surface area (Å²) in [5, 5.41) is 7.62. The van der Waals surface area contributed by atoms with E-state index in [-0.39, 0.29) is 16.6 Å². The molecule has 2 heterocycles. The van der Waals surface area contributed by atoms with Crippen LogP contribution in [0.4, 0.5) is 5.69 Å². The van der Waals surface area contributed by atoms with Crippen molar-refractivity contribution in [3.63, 3.8) is 0 Å². The van der Waals surface area contributed by atoms with Crippen LogP contribution in [-0.2, 0) is 11.3 Å². The molecule has 0 radical (unpaired) electrons. The molecule has 0 aliphatic carbocycles. The summed E-state index contributed by atoms with van der Waals surface area (Å²) in [6.07, 6.45) is 3.69. The lowest BCUT2D eigenvalue weighted by Crippen LogP contribution is -2.32. The van der Waals surface area contributed by atoms with Crippen molar-refractivity contribution in [2.45, 2.75) is 39.3 Å². The fourth-order valence-corrected chi connectivity index (χ4v) is 2.57. The van der Waals surface area contributed by atoms with E-state index < -0.39 is 0 Å². The number of hydrogen-bond donors (Lipinski definition) is 1. The van der Waals surface area contributed by atoms with E-state index in [4.69, 9.17) is 16.3 Å². The van der Waals surface area contributed by atoms with E-state index in [2.05, 4.69) is 17.3 Å². The van der Waals surface area contributed by atoms with Crippen molar-refractivity contribution in [3.05, 3.63) is 21.6 Å². The molecule has 5 nitrogen and oxygen atoms in total. The van der Waals surface area contributed by atoms with Gasteiger partial charge in [0.25, 0.3) is 5.56 Å². The first kappa shape index (κ1) is 14.3. The Bertz CT molecular complexity index is 483. The van der Waals surface area contributed by atoms with Gasteiger partial charge in [0.15, 0.2) is 0 Å². The van der Waals surface area contributed by atoms with Crippen molar-refractivity contribution in [3.8, 4) is 0 Å². The van der Waals surface area contributed by atoms with Gasteiger partial charge in [0.1, 0.15) is 5.02 Å². The largest absolute Gasteiger partial charge is 0.381 e. The average molecular weight is 286 g/mol. The zero-order valence-electron chi connectivity index (χ0n) is 11.4. The minimum absolute atomic E-state index is 0.218. The molecule has 1 fully saturated rings.